The lowest BCUT2D eigenvalue weighted by Gasteiger charge is -2.27. The van der Waals surface area contributed by atoms with E-state index in [1.165, 1.54) is 17.3 Å². The summed E-state index contributed by atoms with van der Waals surface area (Å²) in [6, 6.07) is 15.7. The van der Waals surface area contributed by atoms with Gasteiger partial charge < -0.3 is 14.6 Å². The lowest BCUT2D eigenvalue weighted by molar-refractivity contribution is -0.116. The molecule has 0 saturated heterocycles. The number of rotatable bonds is 5. The number of carbonyl (C=O) groups is 1. The molecule has 1 N–H and O–H groups in total. The van der Waals surface area contributed by atoms with Crippen molar-refractivity contribution in [2.75, 3.05) is 12.4 Å². The van der Waals surface area contributed by atoms with Crippen LogP contribution in [0.1, 0.15) is 34.6 Å². The molecule has 0 saturated carbocycles. The van der Waals surface area contributed by atoms with E-state index in [0.29, 0.717) is 22.3 Å². The molecule has 0 aliphatic carbocycles. The molecule has 3 aromatic rings. The van der Waals surface area contributed by atoms with Crippen LogP contribution in [0.2, 0.25) is 0 Å². The van der Waals surface area contributed by atoms with Crippen LogP contribution in [0.25, 0.3) is 0 Å². The third kappa shape index (κ3) is 3.98. The smallest absolute Gasteiger partial charge is 0.279 e. The molecule has 6 nitrogen and oxygen atoms in total. The molecule has 2 heterocycles. The van der Waals surface area contributed by atoms with Crippen molar-refractivity contribution in [1.29, 1.82) is 0 Å². The highest BCUT2D eigenvalue weighted by Crippen LogP contribution is 2.36. The largest absolute Gasteiger partial charge is 0.497 e. The van der Waals surface area contributed by atoms with Crippen molar-refractivity contribution in [3.63, 3.8) is 0 Å². The van der Waals surface area contributed by atoms with Gasteiger partial charge in [-0.05, 0) is 30.2 Å². The van der Waals surface area contributed by atoms with Crippen LogP contribution in [0, 0.1) is 6.92 Å². The summed E-state index contributed by atoms with van der Waals surface area (Å²) in [5, 5.41) is 3.46. The summed E-state index contributed by atoms with van der Waals surface area (Å²) in [7, 11) is 3.44. The van der Waals surface area contributed by atoms with Gasteiger partial charge in [0.25, 0.3) is 5.56 Å². The average Bonchev–Trinajstić information content (AvgIpc) is 2.75. The van der Waals surface area contributed by atoms with Gasteiger partial charge in [0.2, 0.25) is 5.91 Å². The first kappa shape index (κ1) is 20.2. The number of hydrogen-bond acceptors (Lipinski definition) is 5. The highest BCUT2D eigenvalue weighted by molar-refractivity contribution is 7.98. The van der Waals surface area contributed by atoms with Crippen molar-refractivity contribution in [2.24, 2.45) is 7.05 Å². The number of aromatic nitrogens is 2. The van der Waals surface area contributed by atoms with Crippen LogP contribution in [0.4, 0.5) is 5.82 Å². The molecule has 154 valence electrons. The molecule has 0 bridgehead atoms. The van der Waals surface area contributed by atoms with E-state index in [-0.39, 0.29) is 23.8 Å². The average molecular weight is 422 g/mol. The first-order chi connectivity index (χ1) is 14.5. The summed E-state index contributed by atoms with van der Waals surface area (Å²) in [4.78, 5) is 29.8. The van der Waals surface area contributed by atoms with Crippen LogP contribution in [-0.2, 0) is 17.6 Å². The molecule has 1 aliphatic heterocycles. The van der Waals surface area contributed by atoms with Crippen LogP contribution >= 0.6 is 11.8 Å². The fourth-order valence-corrected chi connectivity index (χ4v) is 4.54. The monoisotopic (exact) mass is 421 g/mol. The number of anilines is 1. The highest BCUT2D eigenvalue weighted by Gasteiger charge is 2.32. The number of ether oxygens (including phenoxy) is 1. The predicted molar refractivity (Wildman–Crippen MR) is 118 cm³/mol. The maximum Gasteiger partial charge on any atom is 0.279 e. The number of methoxy groups -OCH3 is 1. The Kier molecular flexibility index (Phi) is 5.63. The Balaban J connectivity index is 1.68. The topological polar surface area (TPSA) is 73.2 Å². The molecule has 1 atom stereocenters. The molecule has 1 aliphatic rings. The van der Waals surface area contributed by atoms with Gasteiger partial charge in [0, 0.05) is 25.1 Å². The molecule has 1 unspecified atom stereocenters. The quantitative estimate of drug-likeness (QED) is 0.500. The number of hydrogen-bond donors (Lipinski definition) is 1. The van der Waals surface area contributed by atoms with Crippen molar-refractivity contribution < 1.29 is 9.53 Å². The Morgan fingerprint density at radius 3 is 2.50 bits per heavy atom. The Bertz CT molecular complexity index is 1140. The van der Waals surface area contributed by atoms with Gasteiger partial charge in [-0.15, -0.1) is 0 Å². The number of amides is 1. The van der Waals surface area contributed by atoms with Gasteiger partial charge in [-0.2, -0.15) is 4.98 Å². The Morgan fingerprint density at radius 1 is 1.13 bits per heavy atom. The van der Waals surface area contributed by atoms with Crippen LogP contribution in [0.3, 0.4) is 0 Å². The summed E-state index contributed by atoms with van der Waals surface area (Å²) >= 11 is 1.48. The number of thioether (sulfide) groups is 1. The summed E-state index contributed by atoms with van der Waals surface area (Å²) in [6.07, 6.45) is 0.214. The summed E-state index contributed by atoms with van der Waals surface area (Å²) in [5.41, 5.74) is 3.48. The van der Waals surface area contributed by atoms with Gasteiger partial charge in [0.15, 0.2) is 5.16 Å². The predicted octanol–water partition coefficient (Wildman–Crippen LogP) is 3.86. The zero-order chi connectivity index (χ0) is 21.3. The second-order valence-corrected chi connectivity index (χ2v) is 8.32. The zero-order valence-corrected chi connectivity index (χ0v) is 18.0. The van der Waals surface area contributed by atoms with Crippen molar-refractivity contribution in [3.8, 4) is 5.75 Å². The zero-order valence-electron chi connectivity index (χ0n) is 17.1. The number of fused-ring (bicyclic) bond motifs is 1. The van der Waals surface area contributed by atoms with Crippen molar-refractivity contribution in [2.45, 2.75) is 30.2 Å². The number of nitrogens with zero attached hydrogens (tertiary/aromatic N) is 2. The number of aryl methyl sites for hydroxylation is 1. The second-order valence-electron chi connectivity index (χ2n) is 7.37. The molecule has 1 aromatic heterocycles. The minimum atomic E-state index is -0.331. The molecule has 30 heavy (non-hydrogen) atoms. The standard InChI is InChI=1S/C23H23N3O3S/c1-14-4-6-15(7-5-14)13-30-23-25-22(28)20-18(12-19(27)24-21(20)26(23)2)16-8-10-17(29-3)11-9-16/h4-11,18H,12-13H2,1-3H3,(H,24,27). The molecule has 0 fully saturated rings. The third-order valence-corrected chi connectivity index (χ3v) is 6.41. The minimum Gasteiger partial charge on any atom is -0.497 e. The molecule has 2 aromatic carbocycles. The van der Waals surface area contributed by atoms with E-state index >= 15 is 0 Å². The number of nitrogens with one attached hydrogen (secondary N) is 1. The fraction of sp³-hybridized carbons (Fsp3) is 0.261. The van der Waals surface area contributed by atoms with E-state index < -0.39 is 0 Å². The first-order valence-electron chi connectivity index (χ1n) is 9.69. The molecular weight excluding hydrogens is 398 g/mol. The lowest BCUT2D eigenvalue weighted by Crippen LogP contribution is -2.33. The fourth-order valence-electron chi connectivity index (χ4n) is 3.62. The normalized spacial score (nSPS) is 15.4. The van der Waals surface area contributed by atoms with Gasteiger partial charge in [-0.1, -0.05) is 53.7 Å². The molecule has 0 spiro atoms. The highest BCUT2D eigenvalue weighted by atomic mass is 32.2. The van der Waals surface area contributed by atoms with Crippen LogP contribution in [-0.4, -0.2) is 22.6 Å². The maximum absolute atomic E-state index is 13.0. The number of benzene rings is 2. The Hall–Kier alpha value is -3.06. The van der Waals surface area contributed by atoms with E-state index in [0.717, 1.165) is 16.9 Å². The Morgan fingerprint density at radius 2 is 1.83 bits per heavy atom. The van der Waals surface area contributed by atoms with E-state index in [1.54, 1.807) is 7.11 Å². The molecular formula is C23H23N3O3S. The van der Waals surface area contributed by atoms with Gasteiger partial charge in [0.05, 0.1) is 12.7 Å². The van der Waals surface area contributed by atoms with Gasteiger partial charge in [-0.25, -0.2) is 0 Å². The van der Waals surface area contributed by atoms with Gasteiger partial charge in [0.1, 0.15) is 11.6 Å². The lowest BCUT2D eigenvalue weighted by atomic mass is 9.87. The summed E-state index contributed by atoms with van der Waals surface area (Å²) < 4.78 is 7.02. The minimum absolute atomic E-state index is 0.112. The van der Waals surface area contributed by atoms with E-state index in [4.69, 9.17) is 4.74 Å². The Labute approximate surface area is 179 Å². The van der Waals surface area contributed by atoms with Crippen molar-refractivity contribution in [1.82, 2.24) is 9.55 Å². The van der Waals surface area contributed by atoms with E-state index in [1.807, 2.05) is 42.8 Å². The maximum atomic E-state index is 13.0. The number of carbonyl (C=O) groups excluding carboxylic acids is 1. The van der Waals surface area contributed by atoms with Crippen molar-refractivity contribution >= 4 is 23.5 Å². The van der Waals surface area contributed by atoms with E-state index in [2.05, 4.69) is 34.6 Å². The van der Waals surface area contributed by atoms with Gasteiger partial charge >= 0.3 is 0 Å². The molecule has 7 heteroatoms. The van der Waals surface area contributed by atoms with Crippen molar-refractivity contribution in [3.05, 3.63) is 81.1 Å². The van der Waals surface area contributed by atoms with Crippen LogP contribution < -0.4 is 15.6 Å². The van der Waals surface area contributed by atoms with Crippen LogP contribution in [0.5, 0.6) is 5.75 Å². The molecule has 4 rings (SSSR count). The summed E-state index contributed by atoms with van der Waals surface area (Å²) in [6.45, 7) is 2.05. The van der Waals surface area contributed by atoms with Gasteiger partial charge in [-0.3, -0.25) is 9.59 Å². The molecule has 1 amide bonds. The molecule has 0 radical (unpaired) electrons. The first-order valence-corrected chi connectivity index (χ1v) is 10.7. The third-order valence-electron chi connectivity index (χ3n) is 5.31. The van der Waals surface area contributed by atoms with Crippen LogP contribution in [0.15, 0.2) is 58.5 Å². The second kappa shape index (κ2) is 8.36. The van der Waals surface area contributed by atoms with E-state index in [9.17, 15) is 9.59 Å². The summed E-state index contributed by atoms with van der Waals surface area (Å²) in [5.74, 6) is 1.50. The SMILES string of the molecule is COc1ccc(C2CC(=O)Nc3c2c(=O)nc(SCc2ccc(C)cc2)n3C)cc1.